The smallest absolute Gasteiger partial charge is 0.252 e. The van der Waals surface area contributed by atoms with Crippen LogP contribution in [-0.4, -0.2) is 48.4 Å². The average molecular weight is 396 g/mol. The second-order valence-electron chi connectivity index (χ2n) is 8.08. The summed E-state index contributed by atoms with van der Waals surface area (Å²) in [6.45, 7) is 3.01. The molecule has 0 aliphatic carbocycles. The van der Waals surface area contributed by atoms with Crippen molar-refractivity contribution in [3.05, 3.63) is 71.0 Å². The Morgan fingerprint density at radius 1 is 1.17 bits per heavy atom. The monoisotopic (exact) mass is 396 g/mol. The number of carbonyl (C=O) groups is 1. The number of carbonyl (C=O) groups excluding carboxylic acids is 1. The van der Waals surface area contributed by atoms with Crippen LogP contribution in [0.1, 0.15) is 36.1 Å². The molecule has 2 aromatic carbocycles. The molecule has 5 nitrogen and oxygen atoms in total. The van der Waals surface area contributed by atoms with Crippen molar-refractivity contribution in [1.29, 1.82) is 0 Å². The molecule has 3 aliphatic heterocycles. The molecule has 5 atom stereocenters. The van der Waals surface area contributed by atoms with Crippen LogP contribution in [0.4, 0.5) is 4.39 Å². The van der Waals surface area contributed by atoms with E-state index in [-0.39, 0.29) is 36.1 Å². The van der Waals surface area contributed by atoms with Gasteiger partial charge in [-0.1, -0.05) is 36.4 Å². The lowest BCUT2D eigenvalue weighted by molar-refractivity contribution is -0.154. The molecule has 152 valence electrons. The third-order valence-electron chi connectivity index (χ3n) is 6.23. The summed E-state index contributed by atoms with van der Waals surface area (Å²) in [5, 5.41) is 3.39. The molecule has 2 saturated heterocycles. The maximum atomic E-state index is 13.5. The van der Waals surface area contributed by atoms with Crippen LogP contribution in [0.2, 0.25) is 0 Å². The minimum absolute atomic E-state index is 0.00373. The minimum Gasteiger partial charge on any atom is -0.366 e. The van der Waals surface area contributed by atoms with Gasteiger partial charge in [0.15, 0.2) is 0 Å². The van der Waals surface area contributed by atoms with Gasteiger partial charge in [-0.15, -0.1) is 0 Å². The number of ether oxygens (including phenoxy) is 2. The van der Waals surface area contributed by atoms with Gasteiger partial charge < -0.3 is 14.4 Å². The molecule has 0 unspecified atom stereocenters. The number of nitrogens with one attached hydrogen (secondary N) is 1. The normalized spacial score (nSPS) is 31.2. The van der Waals surface area contributed by atoms with Crippen molar-refractivity contribution in [2.75, 3.05) is 13.2 Å². The van der Waals surface area contributed by atoms with E-state index >= 15 is 0 Å². The zero-order valence-corrected chi connectivity index (χ0v) is 16.4. The van der Waals surface area contributed by atoms with Crippen LogP contribution >= 0.6 is 0 Å². The van der Waals surface area contributed by atoms with Crippen molar-refractivity contribution in [3.63, 3.8) is 0 Å². The lowest BCUT2D eigenvalue weighted by atomic mass is 9.87. The Morgan fingerprint density at radius 2 is 1.97 bits per heavy atom. The fourth-order valence-electron chi connectivity index (χ4n) is 4.86. The number of hydrogen-bond donors (Lipinski definition) is 1. The number of rotatable bonds is 2. The highest BCUT2D eigenvalue weighted by atomic mass is 19.1. The summed E-state index contributed by atoms with van der Waals surface area (Å²) < 4.78 is 25.3. The highest BCUT2D eigenvalue weighted by Gasteiger charge is 2.43. The Labute approximate surface area is 169 Å². The first kappa shape index (κ1) is 18.7. The van der Waals surface area contributed by atoms with Gasteiger partial charge in [-0.3, -0.25) is 10.1 Å². The molecule has 0 aromatic heterocycles. The molecule has 2 fully saturated rings. The maximum absolute atomic E-state index is 13.5. The number of nitrogens with zero attached hydrogens (tertiary/aromatic N) is 1. The largest absolute Gasteiger partial charge is 0.366 e. The lowest BCUT2D eigenvalue weighted by Crippen LogP contribution is -2.52. The molecule has 29 heavy (non-hydrogen) atoms. The number of fused-ring (bicyclic) bond motifs is 2. The Morgan fingerprint density at radius 3 is 2.79 bits per heavy atom. The van der Waals surface area contributed by atoms with Crippen molar-refractivity contribution in [3.8, 4) is 0 Å². The van der Waals surface area contributed by atoms with Crippen molar-refractivity contribution in [1.82, 2.24) is 10.2 Å². The second kappa shape index (κ2) is 7.52. The highest BCUT2D eigenvalue weighted by molar-refractivity contribution is 5.82. The quantitative estimate of drug-likeness (QED) is 0.848. The first-order valence-electron chi connectivity index (χ1n) is 10.3. The molecule has 3 aliphatic rings. The van der Waals surface area contributed by atoms with E-state index in [2.05, 4.69) is 17.4 Å². The van der Waals surface area contributed by atoms with E-state index in [0.717, 1.165) is 17.5 Å². The number of amides is 1. The van der Waals surface area contributed by atoms with Gasteiger partial charge >= 0.3 is 0 Å². The third kappa shape index (κ3) is 3.45. The first-order valence-corrected chi connectivity index (χ1v) is 10.3. The standard InChI is InChI=1S/C23H25FN2O3/c1-14-25-19-12-20(28-13-21(19)29-14)23(27)26-11-10-15-4-2-3-5-18(15)22(26)16-6-8-17(24)9-7-16/h2-9,14,19-22,25H,10-13H2,1H3/t14-,19-,20+,21-,22-/m0/s1. The highest BCUT2D eigenvalue weighted by Crippen LogP contribution is 2.36. The molecular weight excluding hydrogens is 371 g/mol. The Balaban J connectivity index is 1.45. The van der Waals surface area contributed by atoms with E-state index in [4.69, 9.17) is 9.47 Å². The van der Waals surface area contributed by atoms with Gasteiger partial charge in [0.2, 0.25) is 0 Å². The van der Waals surface area contributed by atoms with Crippen LogP contribution in [0.25, 0.3) is 0 Å². The summed E-state index contributed by atoms with van der Waals surface area (Å²) >= 11 is 0. The summed E-state index contributed by atoms with van der Waals surface area (Å²) in [7, 11) is 0. The van der Waals surface area contributed by atoms with E-state index in [1.165, 1.54) is 17.7 Å². The van der Waals surface area contributed by atoms with E-state index in [0.29, 0.717) is 19.6 Å². The summed E-state index contributed by atoms with van der Waals surface area (Å²) in [6.07, 6.45) is 0.894. The molecule has 1 N–H and O–H groups in total. The molecule has 3 heterocycles. The van der Waals surface area contributed by atoms with Gasteiger partial charge in [-0.05, 0) is 42.2 Å². The van der Waals surface area contributed by atoms with Crippen molar-refractivity contribution in [2.45, 2.75) is 50.3 Å². The molecular formula is C23H25FN2O3. The summed E-state index contributed by atoms with van der Waals surface area (Å²) in [5.41, 5.74) is 3.25. The molecule has 2 aromatic rings. The van der Waals surface area contributed by atoms with Gasteiger partial charge in [-0.25, -0.2) is 4.39 Å². The van der Waals surface area contributed by atoms with E-state index < -0.39 is 6.10 Å². The zero-order valence-electron chi connectivity index (χ0n) is 16.4. The Kier molecular flexibility index (Phi) is 4.86. The predicted molar refractivity (Wildman–Crippen MR) is 106 cm³/mol. The second-order valence-corrected chi connectivity index (χ2v) is 8.08. The molecule has 0 bridgehead atoms. The number of hydrogen-bond acceptors (Lipinski definition) is 4. The van der Waals surface area contributed by atoms with Crippen molar-refractivity contribution in [2.24, 2.45) is 0 Å². The van der Waals surface area contributed by atoms with Gasteiger partial charge in [0.25, 0.3) is 5.91 Å². The predicted octanol–water partition coefficient (Wildman–Crippen LogP) is 2.79. The van der Waals surface area contributed by atoms with Gasteiger partial charge in [0.1, 0.15) is 18.1 Å². The van der Waals surface area contributed by atoms with Gasteiger partial charge in [-0.2, -0.15) is 0 Å². The SMILES string of the molecule is C[C@H]1N[C@H]2C[C@H](C(=O)N3CCc4ccccc4[C@@H]3c3ccc(F)cc3)OC[C@@H]2O1. The van der Waals surface area contributed by atoms with Crippen LogP contribution in [0.3, 0.4) is 0 Å². The Bertz CT molecular complexity index is 903. The van der Waals surface area contributed by atoms with Crippen LogP contribution in [-0.2, 0) is 20.7 Å². The lowest BCUT2D eigenvalue weighted by Gasteiger charge is -2.41. The van der Waals surface area contributed by atoms with Crippen molar-refractivity contribution >= 4 is 5.91 Å². The van der Waals surface area contributed by atoms with Crippen LogP contribution in [0.5, 0.6) is 0 Å². The molecule has 0 spiro atoms. The first-order chi connectivity index (χ1) is 14.1. The van der Waals surface area contributed by atoms with Crippen LogP contribution in [0, 0.1) is 5.82 Å². The van der Waals surface area contributed by atoms with Crippen LogP contribution in [0.15, 0.2) is 48.5 Å². The molecule has 0 radical (unpaired) electrons. The minimum atomic E-state index is -0.495. The summed E-state index contributed by atoms with van der Waals surface area (Å²) in [4.78, 5) is 15.4. The van der Waals surface area contributed by atoms with Gasteiger partial charge in [0.05, 0.1) is 18.8 Å². The summed E-state index contributed by atoms with van der Waals surface area (Å²) in [5.74, 6) is -0.285. The fraction of sp³-hybridized carbons (Fsp3) is 0.435. The zero-order chi connectivity index (χ0) is 20.0. The number of halogens is 1. The average Bonchev–Trinajstić information content (AvgIpc) is 3.12. The molecule has 1 amide bonds. The maximum Gasteiger partial charge on any atom is 0.252 e. The van der Waals surface area contributed by atoms with E-state index in [1.807, 2.05) is 24.0 Å². The topological polar surface area (TPSA) is 50.8 Å². The van der Waals surface area contributed by atoms with E-state index in [1.54, 1.807) is 12.1 Å². The number of benzene rings is 2. The summed E-state index contributed by atoms with van der Waals surface area (Å²) in [6, 6.07) is 14.5. The van der Waals surface area contributed by atoms with Crippen molar-refractivity contribution < 1.29 is 18.7 Å². The fourth-order valence-corrected chi connectivity index (χ4v) is 4.86. The molecule has 5 rings (SSSR count). The Hall–Kier alpha value is -2.28. The molecule has 6 heteroatoms. The van der Waals surface area contributed by atoms with Gasteiger partial charge in [0, 0.05) is 19.0 Å². The van der Waals surface area contributed by atoms with E-state index in [9.17, 15) is 9.18 Å². The molecule has 0 saturated carbocycles. The third-order valence-corrected chi connectivity index (χ3v) is 6.23. The van der Waals surface area contributed by atoms with Crippen LogP contribution < -0.4 is 5.32 Å².